The van der Waals surface area contributed by atoms with E-state index in [1.807, 2.05) is 60.7 Å². The highest BCUT2D eigenvalue weighted by atomic mass is 31.2. The Kier molecular flexibility index (Phi) is 4.79. The van der Waals surface area contributed by atoms with Gasteiger partial charge >= 0.3 is 0 Å². The number of hydrogen-bond acceptors (Lipinski definition) is 3. The Hall–Kier alpha value is -1.67. The summed E-state index contributed by atoms with van der Waals surface area (Å²) >= 11 is 0. The lowest BCUT2D eigenvalue weighted by molar-refractivity contribution is -0.319. The van der Waals surface area contributed by atoms with Gasteiger partial charge in [-0.2, -0.15) is 0 Å². The van der Waals surface area contributed by atoms with Crippen LogP contribution in [0.1, 0.15) is 11.1 Å². The Morgan fingerprint density at radius 2 is 1.29 bits per heavy atom. The molecule has 0 spiro atoms. The van der Waals surface area contributed by atoms with Gasteiger partial charge in [-0.15, -0.1) is 6.58 Å². The van der Waals surface area contributed by atoms with Crippen LogP contribution >= 0.6 is 7.60 Å². The van der Waals surface area contributed by atoms with E-state index in [0.29, 0.717) is 0 Å². The molecule has 4 heteroatoms. The quantitative estimate of drug-likeness (QED) is 0.607. The predicted octanol–water partition coefficient (Wildman–Crippen LogP) is 2.31. The zero-order chi connectivity index (χ0) is 15.3. The van der Waals surface area contributed by atoms with Gasteiger partial charge in [-0.3, -0.25) is 0 Å². The molecule has 0 N–H and O–H groups in total. The summed E-state index contributed by atoms with van der Waals surface area (Å²) in [6, 6.07) is 18.3. The Labute approximate surface area is 125 Å². The molecule has 0 bridgehead atoms. The minimum Gasteiger partial charge on any atom is -0.810 e. The SMILES string of the molecule is C=CC(Cc1ccccc1)(Cc1ccccc1)P(=O)([O-])[O-]. The fraction of sp³-hybridized carbons (Fsp3) is 0.176. The van der Waals surface area contributed by atoms with Gasteiger partial charge in [-0.1, -0.05) is 74.3 Å². The fourth-order valence-corrected chi connectivity index (χ4v) is 3.39. The van der Waals surface area contributed by atoms with Gasteiger partial charge in [-0.25, -0.2) is 0 Å². The Balaban J connectivity index is 2.39. The van der Waals surface area contributed by atoms with E-state index in [0.717, 1.165) is 11.1 Å². The second kappa shape index (κ2) is 6.40. The minimum absolute atomic E-state index is 0.135. The molecule has 0 unspecified atom stereocenters. The van der Waals surface area contributed by atoms with Gasteiger partial charge in [0, 0.05) is 5.16 Å². The molecule has 0 aliphatic carbocycles. The zero-order valence-corrected chi connectivity index (χ0v) is 12.5. The van der Waals surface area contributed by atoms with Crippen LogP contribution in [-0.4, -0.2) is 5.16 Å². The highest BCUT2D eigenvalue weighted by molar-refractivity contribution is 7.51. The molecule has 0 atom stereocenters. The minimum atomic E-state index is -4.86. The third kappa shape index (κ3) is 3.70. The van der Waals surface area contributed by atoms with Gasteiger partial charge in [0.1, 0.15) is 0 Å². The number of benzene rings is 2. The van der Waals surface area contributed by atoms with Crippen LogP contribution in [0.4, 0.5) is 0 Å². The summed E-state index contributed by atoms with van der Waals surface area (Å²) in [6.45, 7) is 3.62. The highest BCUT2D eigenvalue weighted by Gasteiger charge is 2.31. The molecular weight excluding hydrogens is 283 g/mol. The second-order valence-electron chi connectivity index (χ2n) is 5.13. The molecule has 0 amide bonds. The summed E-state index contributed by atoms with van der Waals surface area (Å²) in [4.78, 5) is 23.8. The summed E-state index contributed by atoms with van der Waals surface area (Å²) in [5.41, 5.74) is 1.61. The normalized spacial score (nSPS) is 12.1. The molecule has 0 saturated heterocycles. The average Bonchev–Trinajstić information content (AvgIpc) is 2.47. The first-order chi connectivity index (χ1) is 9.97. The lowest BCUT2D eigenvalue weighted by Crippen LogP contribution is -2.41. The van der Waals surface area contributed by atoms with Crippen molar-refractivity contribution in [2.45, 2.75) is 18.0 Å². The Morgan fingerprint density at radius 3 is 1.57 bits per heavy atom. The smallest absolute Gasteiger partial charge is 0.0237 e. The number of hydrogen-bond donors (Lipinski definition) is 0. The Bertz CT molecular complexity index is 590. The molecule has 110 valence electrons. The van der Waals surface area contributed by atoms with E-state index >= 15 is 0 Å². The number of rotatable bonds is 6. The van der Waals surface area contributed by atoms with Crippen molar-refractivity contribution in [1.29, 1.82) is 0 Å². The maximum Gasteiger partial charge on any atom is 0.0237 e. The van der Waals surface area contributed by atoms with Crippen molar-refractivity contribution in [1.82, 2.24) is 0 Å². The van der Waals surface area contributed by atoms with Crippen LogP contribution < -0.4 is 9.79 Å². The first-order valence-electron chi connectivity index (χ1n) is 6.70. The van der Waals surface area contributed by atoms with Gasteiger partial charge in [-0.05, 0) is 24.0 Å². The van der Waals surface area contributed by atoms with Crippen molar-refractivity contribution in [2.24, 2.45) is 0 Å². The topological polar surface area (TPSA) is 63.2 Å². The van der Waals surface area contributed by atoms with E-state index in [1.54, 1.807) is 0 Å². The van der Waals surface area contributed by atoms with Crippen LogP contribution in [0, 0.1) is 0 Å². The first-order valence-corrected chi connectivity index (χ1v) is 8.25. The average molecular weight is 300 g/mol. The van der Waals surface area contributed by atoms with Crippen molar-refractivity contribution in [2.75, 3.05) is 0 Å². The molecule has 0 aromatic heterocycles. The molecule has 0 radical (unpaired) electrons. The van der Waals surface area contributed by atoms with E-state index in [2.05, 4.69) is 6.58 Å². The fourth-order valence-electron chi connectivity index (χ4n) is 2.41. The lowest BCUT2D eigenvalue weighted by atomic mass is 9.91. The van der Waals surface area contributed by atoms with Gasteiger partial charge in [0.15, 0.2) is 0 Å². The first kappa shape index (κ1) is 15.7. The van der Waals surface area contributed by atoms with Crippen LogP contribution in [0.3, 0.4) is 0 Å². The molecule has 0 fully saturated rings. The molecule has 2 rings (SSSR count). The van der Waals surface area contributed by atoms with Crippen molar-refractivity contribution in [3.8, 4) is 0 Å². The van der Waals surface area contributed by atoms with Crippen LogP contribution in [0.15, 0.2) is 73.3 Å². The Morgan fingerprint density at radius 1 is 0.905 bits per heavy atom. The van der Waals surface area contributed by atoms with Crippen LogP contribution in [-0.2, 0) is 17.4 Å². The van der Waals surface area contributed by atoms with Crippen LogP contribution in [0.25, 0.3) is 0 Å². The van der Waals surface area contributed by atoms with Gasteiger partial charge in [0.2, 0.25) is 0 Å². The standard InChI is InChI=1S/C17H19O3P/c1-2-17(21(18,19)20,13-15-9-5-3-6-10-15)14-16-11-7-4-8-12-16/h2-12H,1,13-14H2,(H2,18,19,20)/p-2. The summed E-state index contributed by atoms with van der Waals surface area (Å²) in [6.07, 6.45) is 1.56. The lowest BCUT2D eigenvalue weighted by Gasteiger charge is -2.48. The molecule has 0 heterocycles. The third-order valence-corrected chi connectivity index (χ3v) is 5.22. The van der Waals surface area contributed by atoms with Gasteiger partial charge in [0.05, 0.1) is 0 Å². The second-order valence-corrected chi connectivity index (χ2v) is 7.02. The summed E-state index contributed by atoms with van der Waals surface area (Å²) < 4.78 is 11.9. The van der Waals surface area contributed by atoms with E-state index in [-0.39, 0.29) is 12.8 Å². The molecule has 2 aromatic carbocycles. The maximum absolute atomic E-state index is 11.9. The maximum atomic E-state index is 11.9. The van der Waals surface area contributed by atoms with Crippen LogP contribution in [0.2, 0.25) is 0 Å². The van der Waals surface area contributed by atoms with Crippen molar-refractivity contribution >= 4 is 7.60 Å². The highest BCUT2D eigenvalue weighted by Crippen LogP contribution is 2.48. The van der Waals surface area contributed by atoms with Crippen molar-refractivity contribution in [3.05, 3.63) is 84.4 Å². The van der Waals surface area contributed by atoms with E-state index in [1.165, 1.54) is 6.08 Å². The molecule has 0 saturated carbocycles. The summed E-state index contributed by atoms with van der Waals surface area (Å²) in [7, 11) is -4.86. The van der Waals surface area contributed by atoms with Crippen molar-refractivity contribution < 1.29 is 14.4 Å². The van der Waals surface area contributed by atoms with E-state index in [9.17, 15) is 14.4 Å². The predicted molar refractivity (Wildman–Crippen MR) is 80.8 cm³/mol. The molecule has 0 aliphatic rings. The molecule has 0 aliphatic heterocycles. The molecule has 3 nitrogen and oxygen atoms in total. The summed E-state index contributed by atoms with van der Waals surface area (Å²) in [5, 5.41) is -1.50. The number of allylic oxidation sites excluding steroid dienone is 1. The monoisotopic (exact) mass is 300 g/mol. The zero-order valence-electron chi connectivity index (χ0n) is 11.6. The van der Waals surface area contributed by atoms with Gasteiger partial charge in [0.25, 0.3) is 0 Å². The van der Waals surface area contributed by atoms with Crippen LogP contribution in [0.5, 0.6) is 0 Å². The third-order valence-electron chi connectivity index (χ3n) is 3.63. The molecular formula is C17H17O3P-2. The largest absolute Gasteiger partial charge is 0.810 e. The molecule has 21 heavy (non-hydrogen) atoms. The van der Waals surface area contributed by atoms with E-state index < -0.39 is 12.8 Å². The van der Waals surface area contributed by atoms with Gasteiger partial charge < -0.3 is 14.4 Å². The molecule has 2 aromatic rings. The van der Waals surface area contributed by atoms with Crippen molar-refractivity contribution in [3.63, 3.8) is 0 Å². The van der Waals surface area contributed by atoms with E-state index in [4.69, 9.17) is 0 Å². The summed E-state index contributed by atoms with van der Waals surface area (Å²) in [5.74, 6) is 0.